The number of allylic oxidation sites excluding steroid dienone is 1. The Morgan fingerprint density at radius 3 is 2.47 bits per heavy atom. The van der Waals surface area contributed by atoms with E-state index in [1.54, 1.807) is 18.2 Å². The van der Waals surface area contributed by atoms with Crippen LogP contribution in [0.3, 0.4) is 0 Å². The maximum atomic E-state index is 12.1. The van der Waals surface area contributed by atoms with Crippen LogP contribution in [-0.2, 0) is 9.84 Å². The number of hydrogen-bond acceptors (Lipinski definition) is 7. The molecule has 2 aliphatic heterocycles. The maximum Gasteiger partial charge on any atom is 0.181 e. The van der Waals surface area contributed by atoms with Crippen molar-refractivity contribution < 1.29 is 23.0 Å². The van der Waals surface area contributed by atoms with Gasteiger partial charge >= 0.3 is 0 Å². The molecule has 3 aromatic carbocycles. The van der Waals surface area contributed by atoms with Crippen molar-refractivity contribution in [1.29, 1.82) is 0 Å². The number of fused-ring (bicyclic) bond motifs is 1. The summed E-state index contributed by atoms with van der Waals surface area (Å²) < 4.78 is 36.9. The summed E-state index contributed by atoms with van der Waals surface area (Å²) in [5.74, 6) is 2.32. The third-order valence-electron chi connectivity index (χ3n) is 6.62. The number of benzene rings is 3. The Hall–Kier alpha value is -2.68. The summed E-state index contributed by atoms with van der Waals surface area (Å²) in [6, 6.07) is 16.7. The number of nitrogens with zero attached hydrogens (tertiary/aromatic N) is 1. The molecule has 0 amide bonds. The van der Waals surface area contributed by atoms with Gasteiger partial charge in [0.15, 0.2) is 9.84 Å². The normalized spacial score (nSPS) is 18.8. The minimum absolute atomic E-state index is 0.0691. The van der Waals surface area contributed by atoms with Gasteiger partial charge in [-0.1, -0.05) is 24.6 Å². The van der Waals surface area contributed by atoms with Crippen molar-refractivity contribution in [3.05, 3.63) is 70.5 Å². The van der Waals surface area contributed by atoms with Crippen LogP contribution in [-0.4, -0.2) is 50.9 Å². The van der Waals surface area contributed by atoms with E-state index in [9.17, 15) is 13.5 Å². The van der Waals surface area contributed by atoms with Crippen LogP contribution in [0.4, 0.5) is 0 Å². The third kappa shape index (κ3) is 5.82. The molecule has 0 aromatic heterocycles. The van der Waals surface area contributed by atoms with Crippen LogP contribution in [0.2, 0.25) is 0 Å². The van der Waals surface area contributed by atoms with Crippen LogP contribution in [0.25, 0.3) is 10.8 Å². The highest BCUT2D eigenvalue weighted by molar-refractivity contribution is 8.18. The molecule has 1 saturated heterocycles. The summed E-state index contributed by atoms with van der Waals surface area (Å²) in [7, 11) is -3.25. The molecular formula is C28H31NO5S2. The lowest BCUT2D eigenvalue weighted by Gasteiger charge is -2.26. The average molecular weight is 526 g/mol. The van der Waals surface area contributed by atoms with Crippen molar-refractivity contribution in [3.8, 4) is 23.0 Å². The van der Waals surface area contributed by atoms with Gasteiger partial charge < -0.3 is 14.6 Å². The average Bonchev–Trinajstić information content (AvgIpc) is 3.37. The number of hydrogen-bond donors (Lipinski definition) is 1. The molecular weight excluding hydrogens is 494 g/mol. The third-order valence-corrected chi connectivity index (χ3v) is 9.85. The van der Waals surface area contributed by atoms with E-state index < -0.39 is 9.84 Å². The summed E-state index contributed by atoms with van der Waals surface area (Å²) >= 11 is 1.35. The van der Waals surface area contributed by atoms with E-state index in [0.29, 0.717) is 28.8 Å². The Morgan fingerprint density at radius 1 is 1.00 bits per heavy atom. The van der Waals surface area contributed by atoms with Gasteiger partial charge in [-0.2, -0.15) is 0 Å². The number of likely N-dealkylation sites (tertiary alicyclic amines) is 1. The SMILES string of the molecule is CS(=O)(=O)C1=CCC(c2ccc3cc(O)ccc3c2Oc2ccc(OCCN3CCCCC3)cc2)S1. The van der Waals surface area contributed by atoms with Crippen molar-refractivity contribution in [2.75, 3.05) is 32.5 Å². The molecule has 1 unspecified atom stereocenters. The van der Waals surface area contributed by atoms with E-state index in [-0.39, 0.29) is 11.0 Å². The molecule has 0 saturated carbocycles. The van der Waals surface area contributed by atoms with Crippen molar-refractivity contribution >= 4 is 32.4 Å². The highest BCUT2D eigenvalue weighted by Gasteiger charge is 2.28. The van der Waals surface area contributed by atoms with Gasteiger partial charge in [-0.3, -0.25) is 4.90 Å². The lowest BCUT2D eigenvalue weighted by atomic mass is 10.0. The van der Waals surface area contributed by atoms with E-state index in [1.165, 1.54) is 37.3 Å². The van der Waals surface area contributed by atoms with E-state index in [1.807, 2.05) is 42.5 Å². The van der Waals surface area contributed by atoms with Gasteiger partial charge in [-0.15, -0.1) is 11.8 Å². The second kappa shape index (κ2) is 10.7. The molecule has 36 heavy (non-hydrogen) atoms. The number of rotatable bonds is 8. The van der Waals surface area contributed by atoms with Crippen LogP contribution < -0.4 is 9.47 Å². The fourth-order valence-electron chi connectivity index (χ4n) is 4.74. The van der Waals surface area contributed by atoms with Crippen molar-refractivity contribution in [1.82, 2.24) is 4.90 Å². The molecule has 6 nitrogen and oxygen atoms in total. The Morgan fingerprint density at radius 2 is 1.75 bits per heavy atom. The Bertz CT molecular complexity index is 1360. The molecule has 190 valence electrons. The lowest BCUT2D eigenvalue weighted by Crippen LogP contribution is -2.33. The number of phenolic OH excluding ortho intramolecular Hbond substituents is 1. The Labute approximate surface area is 216 Å². The number of piperidine rings is 1. The largest absolute Gasteiger partial charge is 0.508 e. The summed E-state index contributed by atoms with van der Waals surface area (Å²) in [4.78, 5) is 2.45. The van der Waals surface area contributed by atoms with Gasteiger partial charge in [0, 0.05) is 29.0 Å². The molecule has 2 heterocycles. The molecule has 1 N–H and O–H groups in total. The Balaban J connectivity index is 1.34. The first-order valence-electron chi connectivity index (χ1n) is 12.3. The van der Waals surface area contributed by atoms with Crippen molar-refractivity contribution in [3.63, 3.8) is 0 Å². The first-order valence-corrected chi connectivity index (χ1v) is 15.1. The Kier molecular flexibility index (Phi) is 7.46. The summed E-state index contributed by atoms with van der Waals surface area (Å²) in [6.07, 6.45) is 7.50. The minimum Gasteiger partial charge on any atom is -0.508 e. The van der Waals surface area contributed by atoms with Crippen LogP contribution in [0.1, 0.15) is 36.5 Å². The fraction of sp³-hybridized carbons (Fsp3) is 0.357. The number of thioether (sulfide) groups is 1. The van der Waals surface area contributed by atoms with Crippen molar-refractivity contribution in [2.45, 2.75) is 30.9 Å². The van der Waals surface area contributed by atoms with Crippen LogP contribution in [0.5, 0.6) is 23.0 Å². The lowest BCUT2D eigenvalue weighted by molar-refractivity contribution is 0.183. The van der Waals surface area contributed by atoms with Gasteiger partial charge in [-0.25, -0.2) is 8.42 Å². The molecule has 0 bridgehead atoms. The first kappa shape index (κ1) is 25.0. The molecule has 3 aromatic rings. The zero-order chi connectivity index (χ0) is 25.1. The summed E-state index contributed by atoms with van der Waals surface area (Å²) in [6.45, 7) is 3.91. The number of phenols is 1. The topological polar surface area (TPSA) is 76.1 Å². The van der Waals surface area contributed by atoms with Gasteiger partial charge in [-0.05, 0) is 80.2 Å². The van der Waals surface area contributed by atoms with E-state index in [4.69, 9.17) is 9.47 Å². The predicted molar refractivity (Wildman–Crippen MR) is 146 cm³/mol. The zero-order valence-corrected chi connectivity index (χ0v) is 22.0. The molecule has 8 heteroatoms. The minimum atomic E-state index is -3.25. The van der Waals surface area contributed by atoms with Gasteiger partial charge in [0.05, 0.1) is 4.24 Å². The fourth-order valence-corrected chi connectivity index (χ4v) is 7.16. The highest BCUT2D eigenvalue weighted by atomic mass is 32.3. The van der Waals surface area contributed by atoms with E-state index in [0.717, 1.165) is 41.7 Å². The highest BCUT2D eigenvalue weighted by Crippen LogP contribution is 2.50. The monoisotopic (exact) mass is 525 g/mol. The van der Waals surface area contributed by atoms with Gasteiger partial charge in [0.25, 0.3) is 0 Å². The second-order valence-corrected chi connectivity index (χ2v) is 12.8. The molecule has 2 aliphatic rings. The summed E-state index contributed by atoms with van der Waals surface area (Å²) in [5, 5.41) is 11.6. The molecule has 0 aliphatic carbocycles. The molecule has 0 spiro atoms. The van der Waals surface area contributed by atoms with E-state index in [2.05, 4.69) is 4.90 Å². The zero-order valence-electron chi connectivity index (χ0n) is 20.4. The van der Waals surface area contributed by atoms with Gasteiger partial charge in [0.2, 0.25) is 0 Å². The standard InChI is InChI=1S/C28H31NO5S2/c1-36(31,32)27-14-13-26(35-27)25-11-5-20-19-21(30)6-12-24(20)28(25)34-23-9-7-22(8-10-23)33-18-17-29-15-3-2-4-16-29/h5-12,14,19,26,30H,2-4,13,15-18H2,1H3. The van der Waals surface area contributed by atoms with Crippen LogP contribution >= 0.6 is 11.8 Å². The summed E-state index contributed by atoms with van der Waals surface area (Å²) in [5.41, 5.74) is 0.926. The molecule has 0 radical (unpaired) electrons. The maximum absolute atomic E-state index is 12.1. The van der Waals surface area contributed by atoms with E-state index >= 15 is 0 Å². The quantitative estimate of drug-likeness (QED) is 0.372. The number of sulfone groups is 1. The molecule has 5 rings (SSSR count). The van der Waals surface area contributed by atoms with Crippen molar-refractivity contribution in [2.24, 2.45) is 0 Å². The number of aromatic hydroxyl groups is 1. The molecule has 1 atom stereocenters. The van der Waals surface area contributed by atoms with Crippen LogP contribution in [0, 0.1) is 0 Å². The number of ether oxygens (including phenoxy) is 2. The molecule has 1 fully saturated rings. The first-order chi connectivity index (χ1) is 17.4. The van der Waals surface area contributed by atoms with Crippen LogP contribution in [0.15, 0.2) is 64.9 Å². The van der Waals surface area contributed by atoms with Gasteiger partial charge in [0.1, 0.15) is 29.6 Å². The second-order valence-electron chi connectivity index (χ2n) is 9.35. The smallest absolute Gasteiger partial charge is 0.181 e. The predicted octanol–water partition coefficient (Wildman–Crippen LogP) is 6.27.